The molecule has 0 heterocycles. The van der Waals surface area contributed by atoms with Gasteiger partial charge in [0.15, 0.2) is 0 Å². The summed E-state index contributed by atoms with van der Waals surface area (Å²) in [5, 5.41) is 1.26. The molecule has 108 valence electrons. The molecule has 0 bridgehead atoms. The minimum absolute atomic E-state index is 0.197. The molecule has 0 aromatic heterocycles. The first kappa shape index (κ1) is 16.4. The molecule has 0 saturated carbocycles. The maximum absolute atomic E-state index is 6.35. The van der Waals surface area contributed by atoms with E-state index >= 15 is 0 Å². The van der Waals surface area contributed by atoms with Crippen molar-refractivity contribution in [1.29, 1.82) is 0 Å². The summed E-state index contributed by atoms with van der Waals surface area (Å²) < 4.78 is 12.7. The summed E-state index contributed by atoms with van der Waals surface area (Å²) in [5.74, 6) is 0. The zero-order valence-corrected chi connectivity index (χ0v) is 14.0. The van der Waals surface area contributed by atoms with Gasteiger partial charge in [0.2, 0.25) is 0 Å². The zero-order chi connectivity index (χ0) is 14.3. The van der Waals surface area contributed by atoms with Gasteiger partial charge in [-0.25, -0.2) is 0 Å². The molecule has 0 aliphatic rings. The van der Waals surface area contributed by atoms with Crippen LogP contribution in [0.2, 0.25) is 6.04 Å². The fourth-order valence-corrected chi connectivity index (χ4v) is 6.18. The highest BCUT2D eigenvalue weighted by molar-refractivity contribution is 6.81. The van der Waals surface area contributed by atoms with Crippen LogP contribution in [0.4, 0.5) is 0 Å². The smallest absolute Gasteiger partial charge is 0.372 e. The van der Waals surface area contributed by atoms with Gasteiger partial charge >= 0.3 is 8.56 Å². The van der Waals surface area contributed by atoms with Crippen LogP contribution in [0.15, 0.2) is 30.3 Å². The van der Waals surface area contributed by atoms with Gasteiger partial charge in [-0.3, -0.25) is 0 Å². The van der Waals surface area contributed by atoms with Crippen LogP contribution in [0.3, 0.4) is 0 Å². The first-order chi connectivity index (χ1) is 9.00. The molecule has 0 spiro atoms. The minimum Gasteiger partial charge on any atom is -0.388 e. The van der Waals surface area contributed by atoms with E-state index in [1.54, 1.807) is 0 Å². The molecule has 0 unspecified atom stereocenters. The quantitative estimate of drug-likeness (QED) is 0.670. The Hall–Kier alpha value is -0.643. The Kier molecular flexibility index (Phi) is 6.76. The lowest BCUT2D eigenvalue weighted by Gasteiger charge is -2.34. The third kappa shape index (κ3) is 5.09. The van der Waals surface area contributed by atoms with Gasteiger partial charge in [0.05, 0.1) is 0 Å². The summed E-state index contributed by atoms with van der Waals surface area (Å²) in [6, 6.07) is 11.6. The molecule has 0 radical (unpaired) electrons. The maximum atomic E-state index is 6.35. The Balaban J connectivity index is 3.09. The summed E-state index contributed by atoms with van der Waals surface area (Å²) in [6.07, 6.45) is 2.72. The number of unbranched alkanes of at least 4 members (excludes halogenated alkanes) is 1. The number of hydrogen-bond acceptors (Lipinski definition) is 2. The molecule has 2 nitrogen and oxygen atoms in total. The lowest BCUT2D eigenvalue weighted by atomic mass is 10.4. The lowest BCUT2D eigenvalue weighted by molar-refractivity contribution is 0.114. The summed E-state index contributed by atoms with van der Waals surface area (Å²) in [6.45, 7) is 10.6. The second-order valence-electron chi connectivity index (χ2n) is 5.56. The highest BCUT2D eigenvalue weighted by Crippen LogP contribution is 2.21. The van der Waals surface area contributed by atoms with Crippen molar-refractivity contribution in [2.24, 2.45) is 0 Å². The Morgan fingerprint density at radius 3 is 1.89 bits per heavy atom. The molecule has 1 aromatic rings. The highest BCUT2D eigenvalue weighted by atomic mass is 28.4. The maximum Gasteiger partial charge on any atom is 0.372 e. The molecule has 0 N–H and O–H groups in total. The van der Waals surface area contributed by atoms with Crippen molar-refractivity contribution in [1.82, 2.24) is 0 Å². The van der Waals surface area contributed by atoms with E-state index < -0.39 is 8.56 Å². The van der Waals surface area contributed by atoms with Crippen molar-refractivity contribution in [3.05, 3.63) is 30.3 Å². The van der Waals surface area contributed by atoms with Crippen molar-refractivity contribution in [3.63, 3.8) is 0 Å². The molecule has 0 aliphatic heterocycles. The number of benzene rings is 1. The molecular formula is C16H28O2Si. The SMILES string of the molecule is CCCC[Si](OC(C)C)(OC(C)C)c1ccccc1. The molecule has 0 amide bonds. The van der Waals surface area contributed by atoms with E-state index in [0.717, 1.165) is 12.5 Å². The first-order valence-corrected chi connectivity index (χ1v) is 9.43. The van der Waals surface area contributed by atoms with Crippen LogP contribution in [0.25, 0.3) is 0 Å². The van der Waals surface area contributed by atoms with Crippen molar-refractivity contribution >= 4 is 13.7 Å². The van der Waals surface area contributed by atoms with E-state index in [1.165, 1.54) is 11.6 Å². The molecule has 0 fully saturated rings. The fourth-order valence-electron chi connectivity index (χ4n) is 2.29. The first-order valence-electron chi connectivity index (χ1n) is 7.41. The van der Waals surface area contributed by atoms with E-state index in [-0.39, 0.29) is 12.2 Å². The van der Waals surface area contributed by atoms with Crippen molar-refractivity contribution < 1.29 is 8.85 Å². The monoisotopic (exact) mass is 280 g/mol. The van der Waals surface area contributed by atoms with Gasteiger partial charge in [-0.05, 0) is 38.9 Å². The van der Waals surface area contributed by atoms with Crippen LogP contribution in [-0.2, 0) is 8.85 Å². The standard InChI is InChI=1S/C16H28O2Si/c1-6-7-13-19(17-14(2)3,18-15(4)5)16-11-9-8-10-12-16/h8-12,14-15H,6-7,13H2,1-5H3. The molecular weight excluding hydrogens is 252 g/mol. The molecule has 0 atom stereocenters. The highest BCUT2D eigenvalue weighted by Gasteiger charge is 2.41. The van der Waals surface area contributed by atoms with Gasteiger partial charge in [-0.1, -0.05) is 50.1 Å². The van der Waals surface area contributed by atoms with Gasteiger partial charge in [-0.2, -0.15) is 0 Å². The Morgan fingerprint density at radius 2 is 1.47 bits per heavy atom. The van der Waals surface area contributed by atoms with Crippen LogP contribution in [0.1, 0.15) is 47.5 Å². The Labute approximate surface area is 119 Å². The predicted octanol–water partition coefficient (Wildman–Crippen LogP) is 3.99. The van der Waals surface area contributed by atoms with Crippen LogP contribution >= 0.6 is 0 Å². The van der Waals surface area contributed by atoms with E-state index in [9.17, 15) is 0 Å². The molecule has 3 heteroatoms. The average molecular weight is 280 g/mol. The molecule has 1 aromatic carbocycles. The van der Waals surface area contributed by atoms with Crippen LogP contribution < -0.4 is 5.19 Å². The van der Waals surface area contributed by atoms with E-state index in [2.05, 4.69) is 58.9 Å². The number of rotatable bonds is 8. The van der Waals surface area contributed by atoms with Gasteiger partial charge in [0.25, 0.3) is 0 Å². The molecule has 0 aliphatic carbocycles. The third-order valence-corrected chi connectivity index (χ3v) is 6.85. The van der Waals surface area contributed by atoms with Crippen LogP contribution in [0, 0.1) is 0 Å². The van der Waals surface area contributed by atoms with E-state index in [1.807, 2.05) is 6.07 Å². The van der Waals surface area contributed by atoms with Gasteiger partial charge in [-0.15, -0.1) is 0 Å². The number of hydrogen-bond donors (Lipinski definition) is 0. The average Bonchev–Trinajstić information content (AvgIpc) is 2.35. The second kappa shape index (κ2) is 7.83. The van der Waals surface area contributed by atoms with Crippen molar-refractivity contribution in [2.45, 2.75) is 65.7 Å². The topological polar surface area (TPSA) is 18.5 Å². The van der Waals surface area contributed by atoms with E-state index in [4.69, 9.17) is 8.85 Å². The molecule has 1 rings (SSSR count). The zero-order valence-electron chi connectivity index (χ0n) is 13.0. The Morgan fingerprint density at radius 1 is 0.947 bits per heavy atom. The fraction of sp³-hybridized carbons (Fsp3) is 0.625. The summed E-state index contributed by atoms with van der Waals surface area (Å²) in [4.78, 5) is 0. The van der Waals surface area contributed by atoms with E-state index in [0.29, 0.717) is 0 Å². The van der Waals surface area contributed by atoms with Crippen LogP contribution in [-0.4, -0.2) is 20.8 Å². The Bertz CT molecular complexity index is 339. The lowest BCUT2D eigenvalue weighted by Crippen LogP contribution is -2.56. The molecule has 0 saturated heterocycles. The van der Waals surface area contributed by atoms with Crippen molar-refractivity contribution in [2.75, 3.05) is 0 Å². The van der Waals surface area contributed by atoms with Crippen molar-refractivity contribution in [3.8, 4) is 0 Å². The largest absolute Gasteiger partial charge is 0.388 e. The summed E-state index contributed by atoms with van der Waals surface area (Å²) in [7, 11) is -2.32. The third-order valence-electron chi connectivity index (χ3n) is 2.93. The van der Waals surface area contributed by atoms with Gasteiger partial charge in [0, 0.05) is 12.2 Å². The van der Waals surface area contributed by atoms with Gasteiger partial charge in [0.1, 0.15) is 0 Å². The normalized spacial score (nSPS) is 12.4. The molecule has 19 heavy (non-hydrogen) atoms. The predicted molar refractivity (Wildman–Crippen MR) is 84.0 cm³/mol. The van der Waals surface area contributed by atoms with Crippen LogP contribution in [0.5, 0.6) is 0 Å². The van der Waals surface area contributed by atoms with Gasteiger partial charge < -0.3 is 8.85 Å². The summed E-state index contributed by atoms with van der Waals surface area (Å²) in [5.41, 5.74) is 0. The summed E-state index contributed by atoms with van der Waals surface area (Å²) >= 11 is 0. The second-order valence-corrected chi connectivity index (χ2v) is 8.61. The minimum atomic E-state index is -2.32.